The molecule has 1 aliphatic heterocycles. The van der Waals surface area contributed by atoms with Crippen molar-refractivity contribution in [2.75, 3.05) is 14.2 Å². The summed E-state index contributed by atoms with van der Waals surface area (Å²) in [5.74, 6) is -0.614. The lowest BCUT2D eigenvalue weighted by atomic mass is 9.99. The minimum absolute atomic E-state index is 0.0345. The summed E-state index contributed by atoms with van der Waals surface area (Å²) < 4.78 is 23.1. The number of rotatable bonds is 6. The molecule has 0 radical (unpaired) electrons. The van der Waals surface area contributed by atoms with Crippen LogP contribution in [-0.4, -0.2) is 63.1 Å². The van der Waals surface area contributed by atoms with E-state index in [0.717, 1.165) is 0 Å². The average Bonchev–Trinajstić information content (AvgIpc) is 2.60. The van der Waals surface area contributed by atoms with Gasteiger partial charge in [0.1, 0.15) is 12.4 Å². The van der Waals surface area contributed by atoms with Crippen LogP contribution < -0.4 is 10.1 Å². The zero-order valence-electron chi connectivity index (χ0n) is 18.6. The highest BCUT2D eigenvalue weighted by Crippen LogP contribution is 2.39. The molecular formula is C20H34N2O6Si. The van der Waals surface area contributed by atoms with E-state index < -0.39 is 20.5 Å². The van der Waals surface area contributed by atoms with E-state index in [2.05, 4.69) is 44.2 Å². The molecule has 4 unspecified atom stereocenters. The molecule has 29 heavy (non-hydrogen) atoms. The predicted molar refractivity (Wildman–Crippen MR) is 112 cm³/mol. The quantitative estimate of drug-likeness (QED) is 0.675. The minimum Gasteiger partial charge on any atom is -0.503 e. The molecule has 9 heteroatoms. The number of hydrogen-bond donors (Lipinski definition) is 2. The largest absolute Gasteiger partial charge is 0.503 e. The molecule has 1 aromatic heterocycles. The molecule has 0 bridgehead atoms. The number of nitrogens with zero attached hydrogens (tertiary/aromatic N) is 1. The van der Waals surface area contributed by atoms with Crippen LogP contribution in [0, 0.1) is 0 Å². The van der Waals surface area contributed by atoms with E-state index >= 15 is 0 Å². The fourth-order valence-electron chi connectivity index (χ4n) is 3.12. The van der Waals surface area contributed by atoms with Gasteiger partial charge in [0.2, 0.25) is 0 Å². The summed E-state index contributed by atoms with van der Waals surface area (Å²) >= 11 is 0. The van der Waals surface area contributed by atoms with Crippen LogP contribution in [0.3, 0.4) is 0 Å². The lowest BCUT2D eigenvalue weighted by Gasteiger charge is -2.45. The lowest BCUT2D eigenvalue weighted by Crippen LogP contribution is -2.58. The molecular weight excluding hydrogens is 392 g/mol. The Morgan fingerprint density at radius 2 is 2.00 bits per heavy atom. The van der Waals surface area contributed by atoms with Gasteiger partial charge in [-0.1, -0.05) is 20.8 Å². The van der Waals surface area contributed by atoms with E-state index in [4.69, 9.17) is 18.6 Å². The highest BCUT2D eigenvalue weighted by Gasteiger charge is 2.44. The number of nitrogens with one attached hydrogen (secondary N) is 1. The Morgan fingerprint density at radius 1 is 1.34 bits per heavy atom. The zero-order chi connectivity index (χ0) is 22.0. The summed E-state index contributed by atoms with van der Waals surface area (Å²) in [5, 5.41) is 13.2. The number of aromatic nitrogens is 1. The first kappa shape index (κ1) is 23.6. The Balaban J connectivity index is 2.19. The maximum Gasteiger partial charge on any atom is 0.274 e. The van der Waals surface area contributed by atoms with Crippen LogP contribution in [-0.2, 0) is 13.9 Å². The van der Waals surface area contributed by atoms with Gasteiger partial charge in [0.25, 0.3) is 5.91 Å². The number of amides is 1. The Bertz CT molecular complexity index is 721. The minimum atomic E-state index is -2.06. The highest BCUT2D eigenvalue weighted by atomic mass is 28.4. The topological polar surface area (TPSA) is 99.1 Å². The van der Waals surface area contributed by atoms with Gasteiger partial charge >= 0.3 is 0 Å². The van der Waals surface area contributed by atoms with Gasteiger partial charge in [0.15, 0.2) is 25.5 Å². The monoisotopic (exact) mass is 426 g/mol. The number of carbonyl (C=O) groups is 1. The molecule has 4 atom stereocenters. The molecule has 2 N–H and O–H groups in total. The van der Waals surface area contributed by atoms with Crippen molar-refractivity contribution >= 4 is 14.2 Å². The molecule has 1 aromatic rings. The molecule has 0 saturated carbocycles. The molecule has 164 valence electrons. The SMILES string of the molecule is COc1ccnc(C(=O)NC2CC(O[Si](C)(C)C(C)(C)C)OC(C)C2OC)c1O. The molecule has 1 saturated heterocycles. The van der Waals surface area contributed by atoms with Gasteiger partial charge < -0.3 is 29.1 Å². The first-order chi connectivity index (χ1) is 13.4. The third-order valence-electron chi connectivity index (χ3n) is 5.82. The molecule has 8 nitrogen and oxygen atoms in total. The second kappa shape index (κ2) is 8.99. The van der Waals surface area contributed by atoms with Gasteiger partial charge in [-0.25, -0.2) is 4.98 Å². The van der Waals surface area contributed by atoms with Crippen molar-refractivity contribution in [3.05, 3.63) is 18.0 Å². The number of ether oxygens (including phenoxy) is 3. The Kier molecular flexibility index (Phi) is 7.31. The number of carbonyl (C=O) groups excluding carboxylic acids is 1. The maximum absolute atomic E-state index is 12.8. The number of methoxy groups -OCH3 is 2. The molecule has 1 amide bonds. The first-order valence-electron chi connectivity index (χ1n) is 9.80. The Hall–Kier alpha value is -1.68. The van der Waals surface area contributed by atoms with Crippen LogP contribution in [0.2, 0.25) is 18.1 Å². The van der Waals surface area contributed by atoms with Crippen LogP contribution >= 0.6 is 0 Å². The smallest absolute Gasteiger partial charge is 0.274 e. The molecule has 2 heterocycles. The summed E-state index contributed by atoms with van der Waals surface area (Å²) in [6, 6.07) is 1.13. The van der Waals surface area contributed by atoms with Gasteiger partial charge in [-0.05, 0) is 25.1 Å². The van der Waals surface area contributed by atoms with Gasteiger partial charge in [0, 0.05) is 25.8 Å². The third-order valence-corrected chi connectivity index (χ3v) is 10.3. The zero-order valence-corrected chi connectivity index (χ0v) is 19.6. The standard InChI is InChI=1S/C20H34N2O6Si/c1-12-18(26-6)13(11-15(27-12)28-29(7,8)20(2,3)4)22-19(24)16-17(23)14(25-5)9-10-21-16/h9-10,12-13,15,18,23H,11H2,1-8H3,(H,22,24). The molecule has 0 aliphatic carbocycles. The summed E-state index contributed by atoms with van der Waals surface area (Å²) in [7, 11) is 0.944. The fraction of sp³-hybridized carbons (Fsp3) is 0.700. The summed E-state index contributed by atoms with van der Waals surface area (Å²) in [6.07, 6.45) is 0.768. The summed E-state index contributed by atoms with van der Waals surface area (Å²) in [5.41, 5.74) is -0.0970. The van der Waals surface area contributed by atoms with Crippen molar-refractivity contribution in [2.45, 2.75) is 76.8 Å². The number of aromatic hydroxyl groups is 1. The van der Waals surface area contributed by atoms with Crippen LogP contribution in [0.4, 0.5) is 0 Å². The Morgan fingerprint density at radius 3 is 2.55 bits per heavy atom. The van der Waals surface area contributed by atoms with Gasteiger partial charge in [-0.3, -0.25) is 4.79 Å². The molecule has 1 fully saturated rings. The van der Waals surface area contributed by atoms with Gasteiger partial charge in [0.05, 0.1) is 19.3 Å². The van der Waals surface area contributed by atoms with Crippen molar-refractivity contribution < 1.29 is 28.5 Å². The average molecular weight is 427 g/mol. The maximum atomic E-state index is 12.8. The van der Waals surface area contributed by atoms with Crippen molar-refractivity contribution in [3.8, 4) is 11.5 Å². The van der Waals surface area contributed by atoms with Crippen molar-refractivity contribution in [1.82, 2.24) is 10.3 Å². The van der Waals surface area contributed by atoms with Crippen molar-refractivity contribution in [2.24, 2.45) is 0 Å². The molecule has 2 rings (SSSR count). The number of hydrogen-bond acceptors (Lipinski definition) is 7. The van der Waals surface area contributed by atoms with Crippen molar-refractivity contribution in [1.29, 1.82) is 0 Å². The van der Waals surface area contributed by atoms with Crippen LogP contribution in [0.5, 0.6) is 11.5 Å². The van der Waals surface area contributed by atoms with Crippen LogP contribution in [0.15, 0.2) is 12.3 Å². The second-order valence-electron chi connectivity index (χ2n) is 8.88. The fourth-order valence-corrected chi connectivity index (χ4v) is 4.29. The van der Waals surface area contributed by atoms with Crippen LogP contribution in [0.25, 0.3) is 0 Å². The van der Waals surface area contributed by atoms with E-state index in [1.807, 2.05) is 6.92 Å². The van der Waals surface area contributed by atoms with E-state index in [9.17, 15) is 9.90 Å². The van der Waals surface area contributed by atoms with E-state index in [1.54, 1.807) is 7.11 Å². The first-order valence-corrected chi connectivity index (χ1v) is 12.7. The molecule has 1 aliphatic rings. The normalized spacial score (nSPS) is 25.5. The predicted octanol–water partition coefficient (Wildman–Crippen LogP) is 3.07. The third kappa shape index (κ3) is 5.27. The van der Waals surface area contributed by atoms with Gasteiger partial charge in [-0.15, -0.1) is 0 Å². The summed E-state index contributed by atoms with van der Waals surface area (Å²) in [6.45, 7) is 12.7. The lowest BCUT2D eigenvalue weighted by molar-refractivity contribution is -0.200. The van der Waals surface area contributed by atoms with E-state index in [0.29, 0.717) is 6.42 Å². The second-order valence-corrected chi connectivity index (χ2v) is 13.6. The van der Waals surface area contributed by atoms with Crippen molar-refractivity contribution in [3.63, 3.8) is 0 Å². The molecule has 0 aromatic carbocycles. The van der Waals surface area contributed by atoms with Crippen LogP contribution in [0.1, 0.15) is 44.6 Å². The van der Waals surface area contributed by atoms with E-state index in [-0.39, 0.29) is 40.5 Å². The number of pyridine rings is 1. The summed E-state index contributed by atoms with van der Waals surface area (Å²) in [4.78, 5) is 16.8. The van der Waals surface area contributed by atoms with Gasteiger partial charge in [-0.2, -0.15) is 0 Å². The molecule has 0 spiro atoms. The Labute approximate surface area is 174 Å². The highest BCUT2D eigenvalue weighted by molar-refractivity contribution is 6.74. The van der Waals surface area contributed by atoms with E-state index in [1.165, 1.54) is 19.4 Å².